The maximum Gasteiger partial charge on any atom is 0.200 e. The monoisotopic (exact) mass is 303 g/mol. The van der Waals surface area contributed by atoms with Crippen LogP contribution < -0.4 is 5.73 Å². The third-order valence-corrected chi connectivity index (χ3v) is 3.71. The Morgan fingerprint density at radius 1 is 1.57 bits per heavy atom. The zero-order valence-electron chi connectivity index (χ0n) is 11.5. The largest absolute Gasteiger partial charge is 0.461 e. The summed E-state index contributed by atoms with van der Waals surface area (Å²) in [5.41, 5.74) is 5.70. The second-order valence-corrected chi connectivity index (χ2v) is 5.17. The van der Waals surface area contributed by atoms with Gasteiger partial charge >= 0.3 is 0 Å². The van der Waals surface area contributed by atoms with Gasteiger partial charge in [-0.3, -0.25) is 4.79 Å². The van der Waals surface area contributed by atoms with E-state index in [4.69, 9.17) is 15.4 Å². The number of hydrogen-bond acceptors (Lipinski definition) is 7. The number of furan rings is 1. The van der Waals surface area contributed by atoms with Crippen LogP contribution in [0.2, 0.25) is 0 Å². The van der Waals surface area contributed by atoms with E-state index in [1.165, 1.54) is 18.7 Å². The predicted molar refractivity (Wildman–Crippen MR) is 76.9 cm³/mol. The zero-order chi connectivity index (χ0) is 15.4. The minimum absolute atomic E-state index is 0.0177. The van der Waals surface area contributed by atoms with E-state index in [1.54, 1.807) is 30.0 Å². The van der Waals surface area contributed by atoms with Crippen LogP contribution in [0.4, 0.5) is 0 Å². The van der Waals surface area contributed by atoms with Gasteiger partial charge in [-0.25, -0.2) is 0 Å². The first-order valence-electron chi connectivity index (χ1n) is 6.00. The van der Waals surface area contributed by atoms with Gasteiger partial charge in [0.1, 0.15) is 11.6 Å². The predicted octanol–water partition coefficient (Wildman–Crippen LogP) is 1.49. The molecule has 21 heavy (non-hydrogen) atoms. The molecule has 2 aromatic heterocycles. The van der Waals surface area contributed by atoms with Crippen LogP contribution in [0.1, 0.15) is 6.92 Å². The minimum Gasteiger partial charge on any atom is -0.461 e. The van der Waals surface area contributed by atoms with Crippen LogP contribution in [0.3, 0.4) is 0 Å². The lowest BCUT2D eigenvalue weighted by Gasteiger charge is -2.02. The number of nitrogens with zero attached hydrogens (tertiary/aromatic N) is 4. The number of aromatic nitrogens is 3. The van der Waals surface area contributed by atoms with E-state index in [0.29, 0.717) is 16.7 Å². The first kappa shape index (κ1) is 14.9. The van der Waals surface area contributed by atoms with Gasteiger partial charge in [-0.2, -0.15) is 5.26 Å². The molecule has 0 saturated heterocycles. The highest BCUT2D eigenvalue weighted by atomic mass is 32.2. The van der Waals surface area contributed by atoms with Crippen LogP contribution >= 0.6 is 11.8 Å². The molecule has 2 heterocycles. The summed E-state index contributed by atoms with van der Waals surface area (Å²) in [5, 5.41) is 17.5. The van der Waals surface area contributed by atoms with E-state index >= 15 is 0 Å². The molecule has 108 valence electrons. The number of nitrogens with two attached hydrogens (primary N) is 1. The van der Waals surface area contributed by atoms with Gasteiger partial charge in [0.15, 0.2) is 22.5 Å². The standard InChI is InChI=1S/C13H13N5O2S/c1-8(15)9(6-14)10(19)7-21-13-17-16-12(18(13)2)11-4-3-5-20-11/h3-5H,7,15H2,1-2H3. The Hall–Kier alpha value is -2.53. The number of carbonyl (C=O) groups excluding carboxylic acids is 1. The van der Waals surface area contributed by atoms with Gasteiger partial charge < -0.3 is 14.7 Å². The molecule has 0 spiro atoms. The topological polar surface area (TPSA) is 111 Å². The van der Waals surface area contributed by atoms with Crippen LogP contribution in [-0.2, 0) is 11.8 Å². The fraction of sp³-hybridized carbons (Fsp3) is 0.231. The Morgan fingerprint density at radius 3 is 2.90 bits per heavy atom. The average Bonchev–Trinajstić information content (AvgIpc) is 3.06. The highest BCUT2D eigenvalue weighted by Gasteiger charge is 2.16. The molecular formula is C13H13N5O2S. The lowest BCUT2D eigenvalue weighted by atomic mass is 10.2. The fourth-order valence-electron chi connectivity index (χ4n) is 1.63. The van der Waals surface area contributed by atoms with E-state index in [0.717, 1.165) is 0 Å². The Kier molecular flexibility index (Phi) is 4.45. The fourth-order valence-corrected chi connectivity index (χ4v) is 2.42. The Morgan fingerprint density at radius 2 is 2.33 bits per heavy atom. The van der Waals surface area contributed by atoms with Crippen molar-refractivity contribution in [3.05, 3.63) is 29.7 Å². The van der Waals surface area contributed by atoms with Gasteiger partial charge in [0, 0.05) is 12.7 Å². The first-order valence-corrected chi connectivity index (χ1v) is 6.99. The average molecular weight is 303 g/mol. The van der Waals surface area contributed by atoms with E-state index < -0.39 is 0 Å². The number of allylic oxidation sites excluding steroid dienone is 2. The van der Waals surface area contributed by atoms with Crippen LogP contribution in [-0.4, -0.2) is 26.3 Å². The number of carbonyl (C=O) groups is 1. The summed E-state index contributed by atoms with van der Waals surface area (Å²) < 4.78 is 6.98. The van der Waals surface area contributed by atoms with Crippen LogP contribution in [0.5, 0.6) is 0 Å². The Balaban J connectivity index is 2.11. The molecule has 0 aliphatic rings. The molecule has 0 atom stereocenters. The molecule has 0 aliphatic heterocycles. The van der Waals surface area contributed by atoms with E-state index in [-0.39, 0.29) is 22.8 Å². The lowest BCUT2D eigenvalue weighted by molar-refractivity contribution is -0.112. The molecule has 0 saturated carbocycles. The van der Waals surface area contributed by atoms with Crippen molar-refractivity contribution in [1.29, 1.82) is 5.26 Å². The maximum absolute atomic E-state index is 11.9. The molecule has 7 nitrogen and oxygen atoms in total. The van der Waals surface area contributed by atoms with Crippen molar-refractivity contribution in [3.8, 4) is 17.7 Å². The zero-order valence-corrected chi connectivity index (χ0v) is 12.3. The number of hydrogen-bond donors (Lipinski definition) is 1. The lowest BCUT2D eigenvalue weighted by Crippen LogP contribution is -2.10. The summed E-state index contributed by atoms with van der Waals surface area (Å²) >= 11 is 1.19. The van der Waals surface area contributed by atoms with Crippen molar-refractivity contribution in [3.63, 3.8) is 0 Å². The van der Waals surface area contributed by atoms with E-state index in [2.05, 4.69) is 10.2 Å². The molecule has 0 aliphatic carbocycles. The number of thioether (sulfide) groups is 1. The van der Waals surface area contributed by atoms with Crippen LogP contribution in [0, 0.1) is 11.3 Å². The molecule has 8 heteroatoms. The second kappa shape index (κ2) is 6.28. The van der Waals surface area contributed by atoms with Gasteiger partial charge in [-0.15, -0.1) is 10.2 Å². The summed E-state index contributed by atoms with van der Waals surface area (Å²) in [5.74, 6) is 0.909. The normalized spacial score (nSPS) is 11.9. The summed E-state index contributed by atoms with van der Waals surface area (Å²) in [6.07, 6.45) is 1.55. The molecule has 0 amide bonds. The van der Waals surface area contributed by atoms with Gasteiger partial charge in [-0.1, -0.05) is 11.8 Å². The van der Waals surface area contributed by atoms with Gasteiger partial charge in [-0.05, 0) is 19.1 Å². The number of rotatable bonds is 5. The quantitative estimate of drug-likeness (QED) is 0.506. The molecule has 0 unspecified atom stereocenters. The molecule has 2 aromatic rings. The highest BCUT2D eigenvalue weighted by molar-refractivity contribution is 7.99. The van der Waals surface area contributed by atoms with Crippen molar-refractivity contribution >= 4 is 17.5 Å². The first-order chi connectivity index (χ1) is 10.0. The number of Topliss-reactive ketones (excluding diaryl/α,β-unsaturated/α-hetero) is 1. The molecular weight excluding hydrogens is 290 g/mol. The molecule has 0 radical (unpaired) electrons. The minimum atomic E-state index is -0.329. The van der Waals surface area contributed by atoms with Crippen molar-refractivity contribution in [1.82, 2.24) is 14.8 Å². The van der Waals surface area contributed by atoms with Crippen molar-refractivity contribution in [2.24, 2.45) is 12.8 Å². The van der Waals surface area contributed by atoms with Crippen molar-refractivity contribution in [2.45, 2.75) is 12.1 Å². The van der Waals surface area contributed by atoms with E-state index in [1.807, 2.05) is 6.07 Å². The second-order valence-electron chi connectivity index (χ2n) is 4.22. The van der Waals surface area contributed by atoms with Crippen molar-refractivity contribution in [2.75, 3.05) is 5.75 Å². The van der Waals surface area contributed by atoms with Crippen LogP contribution in [0.15, 0.2) is 39.2 Å². The summed E-state index contributed by atoms with van der Waals surface area (Å²) in [7, 11) is 1.78. The Bertz CT molecular complexity index is 720. The SMILES string of the molecule is CC(N)=C(C#N)C(=O)CSc1nnc(-c2ccco2)n1C. The van der Waals surface area contributed by atoms with Gasteiger partial charge in [0.25, 0.3) is 0 Å². The summed E-state index contributed by atoms with van der Waals surface area (Å²) in [6, 6.07) is 5.35. The molecule has 0 fully saturated rings. The summed E-state index contributed by atoms with van der Waals surface area (Å²) in [6.45, 7) is 1.53. The molecule has 0 bridgehead atoms. The van der Waals surface area contributed by atoms with Crippen molar-refractivity contribution < 1.29 is 9.21 Å². The Labute approximate surface area is 125 Å². The third-order valence-electron chi connectivity index (χ3n) is 2.69. The van der Waals surface area contributed by atoms with E-state index in [9.17, 15) is 4.79 Å². The maximum atomic E-state index is 11.9. The third kappa shape index (κ3) is 3.14. The number of nitriles is 1. The smallest absolute Gasteiger partial charge is 0.200 e. The van der Waals surface area contributed by atoms with Gasteiger partial charge in [0.05, 0.1) is 12.0 Å². The van der Waals surface area contributed by atoms with Crippen LogP contribution in [0.25, 0.3) is 11.6 Å². The highest BCUT2D eigenvalue weighted by Crippen LogP contribution is 2.23. The molecule has 2 N–H and O–H groups in total. The molecule has 0 aromatic carbocycles. The number of ketones is 1. The van der Waals surface area contributed by atoms with Gasteiger partial charge in [0.2, 0.25) is 0 Å². The molecule has 2 rings (SSSR count). The summed E-state index contributed by atoms with van der Waals surface area (Å²) in [4.78, 5) is 11.9.